The van der Waals surface area contributed by atoms with Gasteiger partial charge in [0.15, 0.2) is 5.16 Å². The normalized spacial score (nSPS) is 11.1. The van der Waals surface area contributed by atoms with Crippen LogP contribution in [-0.4, -0.2) is 14.7 Å². The van der Waals surface area contributed by atoms with Crippen molar-refractivity contribution in [3.63, 3.8) is 0 Å². The third-order valence-electron chi connectivity index (χ3n) is 4.48. The first-order valence-corrected chi connectivity index (χ1v) is 9.87. The fraction of sp³-hybridized carbons (Fsp3) is 0.182. The highest BCUT2D eigenvalue weighted by Gasteiger charge is 2.17. The Hall–Kier alpha value is -2.79. The van der Waals surface area contributed by atoms with Crippen LogP contribution in [0, 0.1) is 20.8 Å². The van der Waals surface area contributed by atoms with Crippen LogP contribution in [0.25, 0.3) is 16.9 Å². The van der Waals surface area contributed by atoms with Crippen molar-refractivity contribution in [1.82, 2.24) is 14.7 Å². The van der Waals surface area contributed by atoms with Gasteiger partial charge in [0.1, 0.15) is 5.76 Å². The average Bonchev–Trinajstić information content (AvgIpc) is 3.27. The molecular formula is C22H21N3OS. The summed E-state index contributed by atoms with van der Waals surface area (Å²) in [4.78, 5) is 4.74. The topological polar surface area (TPSA) is 43.9 Å². The lowest BCUT2D eigenvalue weighted by atomic mass is 10.1. The number of hydrogen-bond donors (Lipinski definition) is 0. The van der Waals surface area contributed by atoms with E-state index < -0.39 is 0 Å². The standard InChI is InChI=1S/C22H21N3OS/c1-15-8-7-9-16(2)21(15)25-20(18-10-5-4-6-11-18)13-23-22(25)27-14-19-12-17(3)24-26-19/h4-13H,14H2,1-3H3. The van der Waals surface area contributed by atoms with Gasteiger partial charge in [0.25, 0.3) is 0 Å². The Labute approximate surface area is 163 Å². The summed E-state index contributed by atoms with van der Waals surface area (Å²) in [6, 6.07) is 18.7. The molecule has 4 rings (SSSR count). The second kappa shape index (κ2) is 7.45. The van der Waals surface area contributed by atoms with Crippen molar-refractivity contribution < 1.29 is 4.52 Å². The van der Waals surface area contributed by atoms with E-state index in [4.69, 9.17) is 9.51 Å². The van der Waals surface area contributed by atoms with E-state index in [-0.39, 0.29) is 0 Å². The maximum absolute atomic E-state index is 5.36. The zero-order valence-corrected chi connectivity index (χ0v) is 16.5. The van der Waals surface area contributed by atoms with Gasteiger partial charge < -0.3 is 4.52 Å². The van der Waals surface area contributed by atoms with Crippen molar-refractivity contribution in [1.29, 1.82) is 0 Å². The number of thioether (sulfide) groups is 1. The van der Waals surface area contributed by atoms with Gasteiger partial charge in [-0.3, -0.25) is 4.57 Å². The molecular weight excluding hydrogens is 354 g/mol. The smallest absolute Gasteiger partial charge is 0.173 e. The molecule has 0 unspecified atom stereocenters. The molecule has 2 aromatic carbocycles. The molecule has 0 fully saturated rings. The molecule has 0 amide bonds. The molecule has 4 nitrogen and oxygen atoms in total. The van der Waals surface area contributed by atoms with Crippen LogP contribution in [0.15, 0.2) is 70.5 Å². The van der Waals surface area contributed by atoms with E-state index >= 15 is 0 Å². The summed E-state index contributed by atoms with van der Waals surface area (Å²) < 4.78 is 7.62. The van der Waals surface area contributed by atoms with E-state index in [2.05, 4.69) is 66.0 Å². The van der Waals surface area contributed by atoms with Gasteiger partial charge in [-0.05, 0) is 31.9 Å². The highest BCUT2D eigenvalue weighted by molar-refractivity contribution is 7.98. The fourth-order valence-corrected chi connectivity index (χ4v) is 4.10. The molecule has 0 bridgehead atoms. The number of imidazole rings is 1. The highest BCUT2D eigenvalue weighted by Crippen LogP contribution is 2.33. The van der Waals surface area contributed by atoms with Crippen LogP contribution in [0.1, 0.15) is 22.6 Å². The third-order valence-corrected chi connectivity index (χ3v) is 5.46. The molecule has 0 aliphatic carbocycles. The van der Waals surface area contributed by atoms with Crippen LogP contribution < -0.4 is 0 Å². The Bertz CT molecular complexity index is 1050. The number of hydrogen-bond acceptors (Lipinski definition) is 4. The number of rotatable bonds is 5. The lowest BCUT2D eigenvalue weighted by molar-refractivity contribution is 0.391. The molecule has 0 aliphatic rings. The fourth-order valence-electron chi connectivity index (χ4n) is 3.24. The largest absolute Gasteiger partial charge is 0.360 e. The Balaban J connectivity index is 1.81. The Morgan fingerprint density at radius 3 is 2.37 bits per heavy atom. The van der Waals surface area contributed by atoms with Gasteiger partial charge in [0.2, 0.25) is 0 Å². The van der Waals surface area contributed by atoms with Crippen molar-refractivity contribution >= 4 is 11.8 Å². The minimum Gasteiger partial charge on any atom is -0.360 e. The summed E-state index contributed by atoms with van der Waals surface area (Å²) in [5, 5.41) is 4.92. The molecule has 0 saturated heterocycles. The second-order valence-corrected chi connectivity index (χ2v) is 7.53. The lowest BCUT2D eigenvalue weighted by Crippen LogP contribution is -2.04. The van der Waals surface area contributed by atoms with E-state index in [9.17, 15) is 0 Å². The summed E-state index contributed by atoms with van der Waals surface area (Å²) in [5.74, 6) is 1.55. The van der Waals surface area contributed by atoms with Gasteiger partial charge in [-0.25, -0.2) is 4.98 Å². The molecule has 0 N–H and O–H groups in total. The molecule has 4 aromatic rings. The summed E-state index contributed by atoms with van der Waals surface area (Å²) in [6.07, 6.45) is 1.95. The Morgan fingerprint density at radius 1 is 0.963 bits per heavy atom. The number of para-hydroxylation sites is 1. The van der Waals surface area contributed by atoms with Gasteiger partial charge in [-0.15, -0.1) is 0 Å². The van der Waals surface area contributed by atoms with Gasteiger partial charge in [-0.2, -0.15) is 0 Å². The molecule has 0 spiro atoms. The van der Waals surface area contributed by atoms with Gasteiger partial charge in [-0.1, -0.05) is 65.4 Å². The molecule has 0 radical (unpaired) electrons. The Kier molecular flexibility index (Phi) is 4.86. The predicted molar refractivity (Wildman–Crippen MR) is 109 cm³/mol. The molecule has 27 heavy (non-hydrogen) atoms. The second-order valence-electron chi connectivity index (χ2n) is 6.59. The van der Waals surface area contributed by atoms with Gasteiger partial charge in [0.05, 0.1) is 29.0 Å². The number of aromatic nitrogens is 3. The molecule has 0 saturated carbocycles. The molecule has 5 heteroatoms. The molecule has 136 valence electrons. The Morgan fingerprint density at radius 2 is 1.70 bits per heavy atom. The first kappa shape index (κ1) is 17.6. The van der Waals surface area contributed by atoms with Crippen LogP contribution >= 0.6 is 11.8 Å². The lowest BCUT2D eigenvalue weighted by Gasteiger charge is -2.16. The van der Waals surface area contributed by atoms with E-state index in [0.717, 1.165) is 27.9 Å². The van der Waals surface area contributed by atoms with Crippen molar-refractivity contribution in [3.05, 3.63) is 83.4 Å². The molecule has 0 aliphatic heterocycles. The quantitative estimate of drug-likeness (QED) is 0.417. The maximum atomic E-state index is 5.36. The summed E-state index contributed by atoms with van der Waals surface area (Å²) in [5.41, 5.74) is 6.77. The SMILES string of the molecule is Cc1cc(CSc2ncc(-c3ccccc3)n2-c2c(C)cccc2C)on1. The minimum atomic E-state index is 0.691. The minimum absolute atomic E-state index is 0.691. The van der Waals surface area contributed by atoms with E-state index in [0.29, 0.717) is 5.75 Å². The summed E-state index contributed by atoms with van der Waals surface area (Å²) in [7, 11) is 0. The third kappa shape index (κ3) is 3.55. The van der Waals surface area contributed by atoms with Crippen molar-refractivity contribution in [2.75, 3.05) is 0 Å². The predicted octanol–water partition coefficient (Wildman–Crippen LogP) is 5.74. The first-order valence-electron chi connectivity index (χ1n) is 8.88. The monoisotopic (exact) mass is 375 g/mol. The molecule has 0 atom stereocenters. The number of benzene rings is 2. The van der Waals surface area contributed by atoms with Crippen LogP contribution in [0.5, 0.6) is 0 Å². The summed E-state index contributed by atoms with van der Waals surface area (Å²) >= 11 is 1.66. The zero-order valence-electron chi connectivity index (χ0n) is 15.6. The van der Waals surface area contributed by atoms with Crippen LogP contribution in [0.4, 0.5) is 0 Å². The summed E-state index contributed by atoms with van der Waals surface area (Å²) in [6.45, 7) is 6.22. The van der Waals surface area contributed by atoms with E-state index in [1.54, 1.807) is 11.8 Å². The van der Waals surface area contributed by atoms with E-state index in [1.807, 2.05) is 25.3 Å². The average molecular weight is 375 g/mol. The van der Waals surface area contributed by atoms with E-state index in [1.165, 1.54) is 16.8 Å². The first-order chi connectivity index (χ1) is 13.1. The van der Waals surface area contributed by atoms with Crippen LogP contribution in [0.3, 0.4) is 0 Å². The maximum Gasteiger partial charge on any atom is 0.173 e. The van der Waals surface area contributed by atoms with Crippen LogP contribution in [0.2, 0.25) is 0 Å². The molecule has 2 heterocycles. The van der Waals surface area contributed by atoms with Gasteiger partial charge >= 0.3 is 0 Å². The highest BCUT2D eigenvalue weighted by atomic mass is 32.2. The van der Waals surface area contributed by atoms with Crippen molar-refractivity contribution in [2.24, 2.45) is 0 Å². The molecule has 2 aromatic heterocycles. The number of aryl methyl sites for hydroxylation is 3. The van der Waals surface area contributed by atoms with Crippen molar-refractivity contribution in [3.8, 4) is 16.9 Å². The van der Waals surface area contributed by atoms with Crippen molar-refractivity contribution in [2.45, 2.75) is 31.7 Å². The van der Waals surface area contributed by atoms with Gasteiger partial charge in [0, 0.05) is 11.6 Å². The zero-order chi connectivity index (χ0) is 18.8. The number of nitrogens with zero attached hydrogens (tertiary/aromatic N) is 3. The van der Waals surface area contributed by atoms with Crippen LogP contribution in [-0.2, 0) is 5.75 Å².